The molecule has 2 heterocycles. The van der Waals surface area contributed by atoms with Crippen molar-refractivity contribution in [2.24, 2.45) is 29.6 Å². The molecule has 0 radical (unpaired) electrons. The highest BCUT2D eigenvalue weighted by Gasteiger charge is 2.48. The van der Waals surface area contributed by atoms with E-state index in [9.17, 15) is 18.8 Å². The molecule has 9 nitrogen and oxygen atoms in total. The number of allylic oxidation sites excluding steroid dienone is 4. The van der Waals surface area contributed by atoms with Crippen LogP contribution in [-0.4, -0.2) is 43.2 Å². The van der Waals surface area contributed by atoms with E-state index in [1.807, 2.05) is 66.4 Å². The fourth-order valence-electron chi connectivity index (χ4n) is 6.82. The average Bonchev–Trinajstić information content (AvgIpc) is 3.55. The minimum absolute atomic E-state index is 0.0587. The fraction of sp³-hybridized carbons (Fsp3) is 0.417. The average molecular weight is 629 g/mol. The third kappa shape index (κ3) is 7.61. The molecule has 2 aromatic carbocycles. The summed E-state index contributed by atoms with van der Waals surface area (Å²) in [6, 6.07) is 15.9. The Hall–Kier alpha value is -4.60. The van der Waals surface area contributed by atoms with Crippen LogP contribution in [0.2, 0.25) is 0 Å². The Morgan fingerprint density at radius 2 is 1.65 bits per heavy atom. The van der Waals surface area contributed by atoms with Crippen LogP contribution in [0.25, 0.3) is 0 Å². The van der Waals surface area contributed by atoms with Gasteiger partial charge in [0.15, 0.2) is 5.92 Å². The van der Waals surface area contributed by atoms with Crippen LogP contribution in [-0.2, 0) is 33.6 Å². The van der Waals surface area contributed by atoms with Crippen LogP contribution in [0.3, 0.4) is 0 Å². The Kier molecular flexibility index (Phi) is 10.4. The van der Waals surface area contributed by atoms with Crippen LogP contribution in [0, 0.1) is 29.6 Å². The number of aromatic nitrogens is 3. The van der Waals surface area contributed by atoms with Gasteiger partial charge in [-0.3, -0.25) is 19.5 Å². The summed E-state index contributed by atoms with van der Waals surface area (Å²) >= 11 is 0. The van der Waals surface area contributed by atoms with Crippen molar-refractivity contribution in [2.75, 3.05) is 4.90 Å². The lowest BCUT2D eigenvalue weighted by molar-refractivity contribution is -0.154. The second-order valence-corrected chi connectivity index (χ2v) is 12.6. The van der Waals surface area contributed by atoms with Gasteiger partial charge in [-0.1, -0.05) is 56.3 Å². The first kappa shape index (κ1) is 32.8. The van der Waals surface area contributed by atoms with E-state index in [1.165, 1.54) is 6.33 Å². The molecule has 10 heteroatoms. The van der Waals surface area contributed by atoms with Gasteiger partial charge in [0.05, 0.1) is 12.0 Å². The SMILES string of the molecule is CC1C=C(F)C=CC1[C@@H](C)CC[C@H]1C(=O)N(c2ccc(CCc3ncn[nH]3)cc2)[C@@H]1c1ccc(CCCC(C(=O)O)C(=O)O)cc1. The maximum atomic E-state index is 13.7. The van der Waals surface area contributed by atoms with E-state index in [2.05, 4.69) is 22.1 Å². The lowest BCUT2D eigenvalue weighted by Crippen LogP contribution is -2.55. The lowest BCUT2D eigenvalue weighted by atomic mass is 9.74. The number of hydrogen-bond acceptors (Lipinski definition) is 5. The number of nitrogens with one attached hydrogen (secondary N) is 1. The molecule has 1 aliphatic carbocycles. The first-order valence-corrected chi connectivity index (χ1v) is 16.0. The van der Waals surface area contributed by atoms with Gasteiger partial charge in [0, 0.05) is 12.1 Å². The quantitative estimate of drug-likeness (QED) is 0.129. The molecular formula is C36H41FN4O5. The molecule has 1 amide bonds. The van der Waals surface area contributed by atoms with Crippen molar-refractivity contribution in [3.63, 3.8) is 0 Å². The monoisotopic (exact) mass is 628 g/mol. The molecule has 5 rings (SSSR count). The maximum absolute atomic E-state index is 13.7. The van der Waals surface area contributed by atoms with E-state index >= 15 is 0 Å². The minimum Gasteiger partial charge on any atom is -0.481 e. The number of rotatable bonds is 15. The zero-order valence-electron chi connectivity index (χ0n) is 26.2. The molecule has 1 fully saturated rings. The number of hydrogen-bond donors (Lipinski definition) is 3. The fourth-order valence-corrected chi connectivity index (χ4v) is 6.82. The lowest BCUT2D eigenvalue weighted by Gasteiger charge is -2.48. The summed E-state index contributed by atoms with van der Waals surface area (Å²) in [6.07, 6.45) is 10.8. The number of carboxylic acid groups (broad SMARTS) is 2. The first-order valence-electron chi connectivity index (χ1n) is 16.0. The van der Waals surface area contributed by atoms with E-state index in [1.54, 1.807) is 12.2 Å². The van der Waals surface area contributed by atoms with Gasteiger partial charge in [0.2, 0.25) is 5.91 Å². The number of H-pyrrole nitrogens is 1. The molecule has 0 saturated carbocycles. The molecular weight excluding hydrogens is 587 g/mol. The number of carbonyl (C=O) groups excluding carboxylic acids is 1. The maximum Gasteiger partial charge on any atom is 0.317 e. The van der Waals surface area contributed by atoms with E-state index in [-0.39, 0.29) is 47.9 Å². The molecule has 0 bridgehead atoms. The molecule has 1 saturated heterocycles. The number of aliphatic carboxylic acids is 2. The smallest absolute Gasteiger partial charge is 0.317 e. The van der Waals surface area contributed by atoms with Gasteiger partial charge in [-0.2, -0.15) is 5.10 Å². The van der Waals surface area contributed by atoms with Crippen molar-refractivity contribution >= 4 is 23.5 Å². The zero-order chi connectivity index (χ0) is 32.8. The summed E-state index contributed by atoms with van der Waals surface area (Å²) in [7, 11) is 0. The van der Waals surface area contributed by atoms with Crippen LogP contribution < -0.4 is 4.90 Å². The van der Waals surface area contributed by atoms with Gasteiger partial charge in [-0.15, -0.1) is 0 Å². The van der Waals surface area contributed by atoms with Crippen LogP contribution in [0.5, 0.6) is 0 Å². The zero-order valence-corrected chi connectivity index (χ0v) is 26.2. The van der Waals surface area contributed by atoms with Gasteiger partial charge in [0.25, 0.3) is 0 Å². The summed E-state index contributed by atoms with van der Waals surface area (Å²) in [5, 5.41) is 25.1. The molecule has 2 aliphatic rings. The summed E-state index contributed by atoms with van der Waals surface area (Å²) < 4.78 is 13.7. The van der Waals surface area contributed by atoms with E-state index in [4.69, 9.17) is 10.2 Å². The van der Waals surface area contributed by atoms with Crippen molar-refractivity contribution in [1.82, 2.24) is 15.2 Å². The molecule has 3 N–H and O–H groups in total. The number of carboxylic acids is 2. The third-order valence-electron chi connectivity index (χ3n) is 9.52. The number of aryl methyl sites for hydroxylation is 3. The Morgan fingerprint density at radius 1 is 0.978 bits per heavy atom. The number of aromatic amines is 1. The van der Waals surface area contributed by atoms with Gasteiger partial charge >= 0.3 is 11.9 Å². The van der Waals surface area contributed by atoms with E-state index < -0.39 is 17.9 Å². The van der Waals surface area contributed by atoms with Crippen LogP contribution in [0.4, 0.5) is 10.1 Å². The molecule has 2 unspecified atom stereocenters. The largest absolute Gasteiger partial charge is 0.481 e. The highest BCUT2D eigenvalue weighted by atomic mass is 19.1. The summed E-state index contributed by atoms with van der Waals surface area (Å²) in [5.41, 5.74) is 3.97. The number of amides is 1. The molecule has 5 atom stereocenters. The molecule has 3 aromatic rings. The topological polar surface area (TPSA) is 136 Å². The van der Waals surface area contributed by atoms with Crippen molar-refractivity contribution in [3.05, 3.63) is 101 Å². The summed E-state index contributed by atoms with van der Waals surface area (Å²) in [4.78, 5) is 42.2. The van der Waals surface area contributed by atoms with Crippen molar-refractivity contribution in [1.29, 1.82) is 0 Å². The Balaban J connectivity index is 1.29. The third-order valence-corrected chi connectivity index (χ3v) is 9.52. The highest BCUT2D eigenvalue weighted by molar-refractivity contribution is 6.03. The van der Waals surface area contributed by atoms with E-state index in [0.717, 1.165) is 47.5 Å². The Labute approximate surface area is 268 Å². The predicted octanol–water partition coefficient (Wildman–Crippen LogP) is 6.49. The van der Waals surface area contributed by atoms with Crippen molar-refractivity contribution in [3.8, 4) is 0 Å². The number of β-lactam (4-membered cyclic amide) rings is 1. The number of anilines is 1. The number of halogens is 1. The second-order valence-electron chi connectivity index (χ2n) is 12.6. The predicted molar refractivity (Wildman–Crippen MR) is 171 cm³/mol. The number of nitrogens with zero attached hydrogens (tertiary/aromatic N) is 3. The van der Waals surface area contributed by atoms with Crippen LogP contribution >= 0.6 is 0 Å². The van der Waals surface area contributed by atoms with Gasteiger partial charge in [-0.25, -0.2) is 9.37 Å². The second kappa shape index (κ2) is 14.7. The molecule has 1 aliphatic heterocycles. The van der Waals surface area contributed by atoms with Crippen LogP contribution in [0.15, 0.2) is 78.9 Å². The normalized spacial score (nSPS) is 21.6. The Bertz CT molecular complexity index is 1550. The number of benzene rings is 2. The summed E-state index contributed by atoms with van der Waals surface area (Å²) in [6.45, 7) is 4.20. The first-order chi connectivity index (χ1) is 22.1. The van der Waals surface area contributed by atoms with Crippen molar-refractivity contribution in [2.45, 2.75) is 64.8 Å². The van der Waals surface area contributed by atoms with Crippen molar-refractivity contribution < 1.29 is 29.0 Å². The highest BCUT2D eigenvalue weighted by Crippen LogP contribution is 2.47. The van der Waals surface area contributed by atoms with Gasteiger partial charge in [-0.05, 0) is 97.3 Å². The number of carbonyl (C=O) groups is 3. The molecule has 46 heavy (non-hydrogen) atoms. The molecule has 242 valence electrons. The summed E-state index contributed by atoms with van der Waals surface area (Å²) in [5.74, 6) is -2.93. The standard InChI is InChI=1S/C36H41FN4O5/c1-22(29-18-14-27(37)20-23(29)2)6-17-30-33(26-12-7-24(8-13-26)4-3-5-31(35(43)44)36(45)46)41(34(30)42)28-15-9-25(10-16-28)11-19-32-38-21-39-40-32/h7-10,12-16,18,20-23,29-31,33H,3-6,11,17,19H2,1-2H3,(H,43,44)(H,45,46)(H,38,39,40)/t22-,23?,29?,30+,33+/m0/s1. The van der Waals surface area contributed by atoms with Gasteiger partial charge < -0.3 is 15.1 Å². The van der Waals surface area contributed by atoms with E-state index in [0.29, 0.717) is 19.3 Å². The molecule has 1 aromatic heterocycles. The Morgan fingerprint density at radius 3 is 2.28 bits per heavy atom. The molecule has 0 spiro atoms. The van der Waals surface area contributed by atoms with Gasteiger partial charge in [0.1, 0.15) is 18.0 Å². The minimum atomic E-state index is -1.41. The van der Waals surface area contributed by atoms with Crippen LogP contribution in [0.1, 0.15) is 68.1 Å².